The van der Waals surface area contributed by atoms with Gasteiger partial charge in [-0.05, 0) is 49.1 Å². The molecule has 1 saturated carbocycles. The second-order valence-electron chi connectivity index (χ2n) is 6.96. The average Bonchev–Trinajstić information content (AvgIpc) is 2.57. The van der Waals surface area contributed by atoms with Gasteiger partial charge in [-0.15, -0.1) is 0 Å². The second kappa shape index (κ2) is 7.29. The van der Waals surface area contributed by atoms with E-state index in [1.165, 1.54) is 5.56 Å². The van der Waals surface area contributed by atoms with Crippen molar-refractivity contribution in [1.29, 1.82) is 0 Å². The van der Waals surface area contributed by atoms with E-state index in [9.17, 15) is 10.2 Å². The van der Waals surface area contributed by atoms with Crippen molar-refractivity contribution in [2.24, 2.45) is 0 Å². The van der Waals surface area contributed by atoms with Crippen molar-refractivity contribution in [3.8, 4) is 0 Å². The van der Waals surface area contributed by atoms with Crippen LogP contribution in [0.1, 0.15) is 49.1 Å². The molecule has 0 saturated heterocycles. The Kier molecular flexibility index (Phi) is 5.14. The Morgan fingerprint density at radius 1 is 0.913 bits per heavy atom. The second-order valence-corrected chi connectivity index (χ2v) is 6.96. The summed E-state index contributed by atoms with van der Waals surface area (Å²) in [6, 6.07) is 20.6. The molecule has 0 spiro atoms. The number of aliphatic hydroxyl groups excluding tert-OH is 1. The van der Waals surface area contributed by atoms with Gasteiger partial charge in [0.15, 0.2) is 0 Å². The van der Waals surface area contributed by atoms with Crippen LogP contribution in [0.2, 0.25) is 0 Å². The van der Waals surface area contributed by atoms with Crippen LogP contribution >= 0.6 is 0 Å². The van der Waals surface area contributed by atoms with Crippen molar-refractivity contribution in [2.75, 3.05) is 0 Å². The van der Waals surface area contributed by atoms with Crippen LogP contribution in [0, 0.1) is 0 Å². The molecule has 1 aliphatic carbocycles. The van der Waals surface area contributed by atoms with Gasteiger partial charge >= 0.3 is 0 Å². The Hall–Kier alpha value is -1.64. The van der Waals surface area contributed by atoms with E-state index < -0.39 is 11.7 Å². The summed E-state index contributed by atoms with van der Waals surface area (Å²) in [4.78, 5) is 0. The highest BCUT2D eigenvalue weighted by Crippen LogP contribution is 2.40. The molecular weight excluding hydrogens is 284 g/mol. The Bertz CT molecular complexity index is 586. The predicted octanol–water partition coefficient (Wildman–Crippen LogP) is 4.07. The highest BCUT2D eigenvalue weighted by atomic mass is 16.3. The van der Waals surface area contributed by atoms with E-state index in [2.05, 4.69) is 24.3 Å². The van der Waals surface area contributed by atoms with Crippen molar-refractivity contribution in [3.63, 3.8) is 0 Å². The lowest BCUT2D eigenvalue weighted by Gasteiger charge is -2.37. The lowest BCUT2D eigenvalue weighted by molar-refractivity contribution is -0.0407. The van der Waals surface area contributed by atoms with Gasteiger partial charge in [0.2, 0.25) is 0 Å². The zero-order valence-electron chi connectivity index (χ0n) is 13.6. The predicted molar refractivity (Wildman–Crippen MR) is 93.4 cm³/mol. The van der Waals surface area contributed by atoms with Crippen LogP contribution in [0.3, 0.4) is 0 Å². The molecule has 1 aliphatic rings. The van der Waals surface area contributed by atoms with Crippen molar-refractivity contribution in [1.82, 2.24) is 0 Å². The van der Waals surface area contributed by atoms with Gasteiger partial charge < -0.3 is 10.2 Å². The monoisotopic (exact) mass is 310 g/mol. The van der Waals surface area contributed by atoms with E-state index in [-0.39, 0.29) is 0 Å². The van der Waals surface area contributed by atoms with Crippen LogP contribution in [0.25, 0.3) is 0 Å². The molecule has 3 rings (SSSR count). The molecule has 0 unspecified atom stereocenters. The fourth-order valence-corrected chi connectivity index (χ4v) is 3.81. The Morgan fingerprint density at radius 2 is 1.48 bits per heavy atom. The molecule has 122 valence electrons. The first-order valence-corrected chi connectivity index (χ1v) is 8.64. The van der Waals surface area contributed by atoms with Gasteiger partial charge in [0.1, 0.15) is 0 Å². The van der Waals surface area contributed by atoms with Gasteiger partial charge in [0.25, 0.3) is 0 Å². The minimum atomic E-state index is -0.709. The lowest BCUT2D eigenvalue weighted by Crippen LogP contribution is -2.37. The average molecular weight is 310 g/mol. The molecule has 2 N–H and O–H groups in total. The minimum absolute atomic E-state index is 0.476. The quantitative estimate of drug-likeness (QED) is 0.874. The number of aliphatic hydroxyl groups is 2. The molecule has 0 aromatic heterocycles. The standard InChI is InChI=1S/C21H26O2/c22-20(15-17-7-3-1-4-8-17)16-21(23)13-11-19(12-14-21)18-9-5-2-6-10-18/h1-10,19-20,22-23H,11-16H2/t19?,20-,21?/m0/s1. The van der Waals surface area contributed by atoms with Crippen LogP contribution in [0.15, 0.2) is 60.7 Å². The molecule has 1 atom stereocenters. The van der Waals surface area contributed by atoms with Crippen LogP contribution in [0.5, 0.6) is 0 Å². The lowest BCUT2D eigenvalue weighted by atomic mass is 9.73. The summed E-state index contributed by atoms with van der Waals surface area (Å²) in [5, 5.41) is 21.2. The molecule has 2 heteroatoms. The Balaban J connectivity index is 1.53. The third-order valence-electron chi connectivity index (χ3n) is 5.12. The van der Waals surface area contributed by atoms with Crippen LogP contribution in [-0.4, -0.2) is 21.9 Å². The van der Waals surface area contributed by atoms with Crippen molar-refractivity contribution in [2.45, 2.75) is 56.1 Å². The van der Waals surface area contributed by atoms with Gasteiger partial charge in [0, 0.05) is 6.42 Å². The summed E-state index contributed by atoms with van der Waals surface area (Å²) in [7, 11) is 0. The molecule has 0 bridgehead atoms. The first-order chi connectivity index (χ1) is 11.1. The van der Waals surface area contributed by atoms with Crippen LogP contribution < -0.4 is 0 Å². The van der Waals surface area contributed by atoms with Gasteiger partial charge in [-0.3, -0.25) is 0 Å². The fraction of sp³-hybridized carbons (Fsp3) is 0.429. The maximum atomic E-state index is 10.8. The molecule has 2 nitrogen and oxygen atoms in total. The van der Waals surface area contributed by atoms with Gasteiger partial charge in [-0.1, -0.05) is 60.7 Å². The van der Waals surface area contributed by atoms with E-state index in [1.54, 1.807) is 0 Å². The van der Waals surface area contributed by atoms with Gasteiger partial charge in [-0.2, -0.15) is 0 Å². The van der Waals surface area contributed by atoms with E-state index >= 15 is 0 Å². The topological polar surface area (TPSA) is 40.5 Å². The Labute approximate surface area is 138 Å². The molecule has 2 aromatic carbocycles. The summed E-state index contributed by atoms with van der Waals surface area (Å²) < 4.78 is 0. The number of rotatable bonds is 5. The largest absolute Gasteiger partial charge is 0.393 e. The smallest absolute Gasteiger partial charge is 0.0673 e. The number of benzene rings is 2. The van der Waals surface area contributed by atoms with E-state index in [0.717, 1.165) is 31.2 Å². The summed E-state index contributed by atoms with van der Waals surface area (Å²) in [6.07, 6.45) is 4.17. The first kappa shape index (κ1) is 16.2. The van der Waals surface area contributed by atoms with E-state index in [4.69, 9.17) is 0 Å². The molecule has 0 amide bonds. The van der Waals surface area contributed by atoms with Crippen LogP contribution in [0.4, 0.5) is 0 Å². The number of hydrogen-bond donors (Lipinski definition) is 2. The third-order valence-corrected chi connectivity index (χ3v) is 5.12. The zero-order chi connectivity index (χ0) is 16.1. The summed E-state index contributed by atoms with van der Waals surface area (Å²) in [5.41, 5.74) is 1.79. The summed E-state index contributed by atoms with van der Waals surface area (Å²) in [6.45, 7) is 0. The summed E-state index contributed by atoms with van der Waals surface area (Å²) in [5.74, 6) is 0.544. The molecule has 0 radical (unpaired) electrons. The molecule has 0 aliphatic heterocycles. The van der Waals surface area contributed by atoms with E-state index in [1.807, 2.05) is 36.4 Å². The SMILES string of the molecule is O[C@@H](Cc1ccccc1)CC1(O)CCC(c2ccccc2)CC1. The van der Waals surface area contributed by atoms with Crippen molar-refractivity contribution < 1.29 is 10.2 Å². The normalized spacial score (nSPS) is 25.9. The molecule has 23 heavy (non-hydrogen) atoms. The fourth-order valence-electron chi connectivity index (χ4n) is 3.81. The highest BCUT2D eigenvalue weighted by Gasteiger charge is 2.35. The first-order valence-electron chi connectivity index (χ1n) is 8.64. The highest BCUT2D eigenvalue weighted by molar-refractivity contribution is 5.20. The molecule has 0 heterocycles. The van der Waals surface area contributed by atoms with Gasteiger partial charge in [-0.25, -0.2) is 0 Å². The molecular formula is C21H26O2. The maximum absolute atomic E-state index is 10.8. The van der Waals surface area contributed by atoms with Gasteiger partial charge in [0.05, 0.1) is 11.7 Å². The summed E-state index contributed by atoms with van der Waals surface area (Å²) >= 11 is 0. The zero-order valence-corrected chi connectivity index (χ0v) is 13.6. The molecule has 2 aromatic rings. The van der Waals surface area contributed by atoms with Crippen molar-refractivity contribution in [3.05, 3.63) is 71.8 Å². The van der Waals surface area contributed by atoms with E-state index in [0.29, 0.717) is 18.8 Å². The van der Waals surface area contributed by atoms with Crippen molar-refractivity contribution >= 4 is 0 Å². The number of hydrogen-bond acceptors (Lipinski definition) is 2. The maximum Gasteiger partial charge on any atom is 0.0673 e. The minimum Gasteiger partial charge on any atom is -0.393 e. The third kappa shape index (κ3) is 4.43. The molecule has 1 fully saturated rings. The Morgan fingerprint density at radius 3 is 2.09 bits per heavy atom. The van der Waals surface area contributed by atoms with Crippen LogP contribution in [-0.2, 0) is 6.42 Å².